The minimum Gasteiger partial charge on any atom is -0.493 e. The van der Waals surface area contributed by atoms with Crippen LogP contribution in [0.15, 0.2) is 72.8 Å². The second kappa shape index (κ2) is 17.6. The van der Waals surface area contributed by atoms with E-state index in [0.717, 1.165) is 21.3 Å². The van der Waals surface area contributed by atoms with Crippen molar-refractivity contribution in [2.24, 2.45) is 0 Å². The Morgan fingerprint density at radius 2 is 1.72 bits per heavy atom. The molecule has 16 heteroatoms. The predicted molar refractivity (Wildman–Crippen MR) is 224 cm³/mol. The molecule has 7 rings (SSSR count). The van der Waals surface area contributed by atoms with Crippen LogP contribution < -0.4 is 15.0 Å². The molecule has 1 saturated heterocycles. The number of aliphatic carboxylic acids is 1. The Bertz CT molecular complexity index is 2370. The van der Waals surface area contributed by atoms with Gasteiger partial charge in [0, 0.05) is 50.4 Å². The van der Waals surface area contributed by atoms with Gasteiger partial charge in [-0.15, -0.1) is 0 Å². The van der Waals surface area contributed by atoms with Crippen molar-refractivity contribution >= 4 is 50.3 Å². The molecular formula is C44H47F3N6O6S. The van der Waals surface area contributed by atoms with E-state index in [0.29, 0.717) is 64.9 Å². The fraction of sp³-hybridized carbons (Fsp3) is 0.386. The van der Waals surface area contributed by atoms with Gasteiger partial charge in [0.2, 0.25) is 0 Å². The first-order valence-electron chi connectivity index (χ1n) is 19.8. The average Bonchev–Trinajstić information content (AvgIpc) is 3.61. The number of carbonyl (C=O) groups excluding carboxylic acids is 2. The third-order valence-corrected chi connectivity index (χ3v) is 11.5. The molecule has 2 aliphatic heterocycles. The highest BCUT2D eigenvalue weighted by Crippen LogP contribution is 2.36. The number of carboxylic acid groups (broad SMARTS) is 1. The number of alkyl halides is 3. The molecule has 12 nitrogen and oxygen atoms in total. The first-order chi connectivity index (χ1) is 28.5. The number of piperazine rings is 1. The number of hydrogen-bond donors (Lipinski definition) is 2. The normalized spacial score (nSPS) is 16.4. The summed E-state index contributed by atoms with van der Waals surface area (Å²) in [5, 5.41) is 12.6. The van der Waals surface area contributed by atoms with Crippen molar-refractivity contribution < 1.29 is 42.1 Å². The van der Waals surface area contributed by atoms with Crippen LogP contribution in [-0.2, 0) is 22.5 Å². The monoisotopic (exact) mass is 844 g/mol. The summed E-state index contributed by atoms with van der Waals surface area (Å²) in [4.78, 5) is 52.8. The molecule has 0 saturated carbocycles. The number of rotatable bonds is 12. The first-order valence-corrected chi connectivity index (χ1v) is 20.6. The number of para-hydroxylation sites is 1. The summed E-state index contributed by atoms with van der Waals surface area (Å²) in [6.45, 7) is 7.90. The number of fused-ring (bicyclic) bond motifs is 2. The van der Waals surface area contributed by atoms with E-state index >= 15 is 0 Å². The van der Waals surface area contributed by atoms with Crippen molar-refractivity contribution in [1.29, 1.82) is 0 Å². The molecule has 316 valence electrons. The van der Waals surface area contributed by atoms with Gasteiger partial charge in [-0.3, -0.25) is 24.7 Å². The maximum Gasteiger partial charge on any atom is 0.405 e. The Morgan fingerprint density at radius 1 is 0.933 bits per heavy atom. The van der Waals surface area contributed by atoms with E-state index in [1.165, 1.54) is 21.1 Å². The molecule has 0 aliphatic carbocycles. The Labute approximate surface area is 349 Å². The summed E-state index contributed by atoms with van der Waals surface area (Å²) >= 11 is 1.41. The van der Waals surface area contributed by atoms with Crippen LogP contribution in [0.3, 0.4) is 0 Å². The zero-order valence-corrected chi connectivity index (χ0v) is 34.7. The Morgan fingerprint density at radius 3 is 2.47 bits per heavy atom. The van der Waals surface area contributed by atoms with E-state index in [2.05, 4.69) is 10.3 Å². The molecule has 4 heterocycles. The fourth-order valence-electron chi connectivity index (χ4n) is 7.71. The average molecular weight is 845 g/mol. The summed E-state index contributed by atoms with van der Waals surface area (Å²) in [6, 6.07) is 20.7. The van der Waals surface area contributed by atoms with Gasteiger partial charge in [-0.25, -0.2) is 14.8 Å². The summed E-state index contributed by atoms with van der Waals surface area (Å²) < 4.78 is 54.8. The van der Waals surface area contributed by atoms with Gasteiger partial charge >= 0.3 is 18.1 Å². The number of esters is 1. The molecule has 0 radical (unpaired) electrons. The van der Waals surface area contributed by atoms with Crippen molar-refractivity contribution in [2.75, 3.05) is 56.1 Å². The number of carboxylic acids is 1. The maximum absolute atomic E-state index is 13.9. The second-order valence-corrected chi connectivity index (χ2v) is 17.0. The number of carbonyl (C=O) groups is 3. The van der Waals surface area contributed by atoms with Gasteiger partial charge in [0.15, 0.2) is 10.8 Å². The lowest BCUT2D eigenvalue weighted by Crippen LogP contribution is -2.59. The van der Waals surface area contributed by atoms with Gasteiger partial charge in [0.25, 0.3) is 5.91 Å². The molecule has 3 aromatic carbocycles. The number of benzene rings is 3. The van der Waals surface area contributed by atoms with E-state index in [1.807, 2.05) is 66.4 Å². The van der Waals surface area contributed by atoms with Gasteiger partial charge in [-0.05, 0) is 99.2 Å². The molecule has 2 N–H and O–H groups in total. The number of nitrogens with one attached hydrogen (secondary N) is 1. The van der Waals surface area contributed by atoms with Crippen LogP contribution in [0.2, 0.25) is 0 Å². The molecule has 1 atom stereocenters. The van der Waals surface area contributed by atoms with Gasteiger partial charge in [-0.1, -0.05) is 47.7 Å². The third kappa shape index (κ3) is 9.88. The standard InChI is InChI=1S/C44H47F3N6O6S/c1-27-29(11-8-14-34(27)58-23-9-19-52-22-21-51(26-38(54)55)25-36(52)44(45,46)47)30-16-17-37(49-39(30)41(57)59-43(2,3)4)53-20-18-28-10-7-12-31(32(28)24-53)40(56)50-42-48-33-13-5-6-15-35(33)60-42/h5-8,10-17,36H,9,18-26H2,1-4H3,(H,54,55)(H,48,50,56)/t36-/m0/s1. The number of pyridine rings is 1. The van der Waals surface area contributed by atoms with Crippen LogP contribution in [0.1, 0.15) is 64.7 Å². The third-order valence-electron chi connectivity index (χ3n) is 10.6. The van der Waals surface area contributed by atoms with Crippen LogP contribution in [0.5, 0.6) is 5.75 Å². The van der Waals surface area contributed by atoms with Crippen molar-refractivity contribution in [3.05, 3.63) is 101 Å². The number of nitrogens with zero attached hydrogens (tertiary/aromatic N) is 5. The van der Waals surface area contributed by atoms with Crippen LogP contribution in [0.25, 0.3) is 21.3 Å². The van der Waals surface area contributed by atoms with Crippen molar-refractivity contribution in [1.82, 2.24) is 19.8 Å². The number of ether oxygens (including phenoxy) is 2. The molecule has 1 amide bonds. The molecule has 2 aromatic heterocycles. The Kier molecular flexibility index (Phi) is 12.5. The van der Waals surface area contributed by atoms with Crippen molar-refractivity contribution in [3.63, 3.8) is 0 Å². The number of anilines is 2. The largest absolute Gasteiger partial charge is 0.493 e. The number of thiazole rings is 1. The molecule has 60 heavy (non-hydrogen) atoms. The van der Waals surface area contributed by atoms with E-state index in [1.54, 1.807) is 39.0 Å². The van der Waals surface area contributed by atoms with Gasteiger partial charge in [-0.2, -0.15) is 13.2 Å². The van der Waals surface area contributed by atoms with Gasteiger partial charge < -0.3 is 19.5 Å². The molecule has 2 aliphatic rings. The smallest absolute Gasteiger partial charge is 0.405 e. The highest BCUT2D eigenvalue weighted by Gasteiger charge is 2.46. The summed E-state index contributed by atoms with van der Waals surface area (Å²) in [5.74, 6) is -0.982. The van der Waals surface area contributed by atoms with Crippen LogP contribution in [0, 0.1) is 6.92 Å². The van der Waals surface area contributed by atoms with E-state index in [-0.39, 0.29) is 37.8 Å². The molecule has 0 spiro atoms. The number of halogens is 3. The minimum absolute atomic E-state index is 0.0912. The lowest BCUT2D eigenvalue weighted by atomic mass is 9.94. The van der Waals surface area contributed by atoms with Crippen LogP contribution >= 0.6 is 11.3 Å². The van der Waals surface area contributed by atoms with Crippen molar-refractivity contribution in [3.8, 4) is 16.9 Å². The highest BCUT2D eigenvalue weighted by atomic mass is 32.1. The fourth-order valence-corrected chi connectivity index (χ4v) is 8.57. The number of amides is 1. The molecule has 0 bridgehead atoms. The van der Waals surface area contributed by atoms with Crippen molar-refractivity contribution in [2.45, 2.75) is 64.9 Å². The number of hydrogen-bond acceptors (Lipinski definition) is 11. The molecule has 0 unspecified atom stereocenters. The Hall–Kier alpha value is -5.58. The lowest BCUT2D eigenvalue weighted by molar-refractivity contribution is -0.198. The summed E-state index contributed by atoms with van der Waals surface area (Å²) in [7, 11) is 0. The molecule has 1 fully saturated rings. The molecule has 5 aromatic rings. The van der Waals surface area contributed by atoms with Gasteiger partial charge in [0.1, 0.15) is 23.2 Å². The van der Waals surface area contributed by atoms with Gasteiger partial charge in [0.05, 0.1) is 23.4 Å². The zero-order chi connectivity index (χ0) is 42.8. The van der Waals surface area contributed by atoms with Crippen LogP contribution in [0.4, 0.5) is 24.1 Å². The van der Waals surface area contributed by atoms with Crippen LogP contribution in [-0.4, -0.2) is 106 Å². The summed E-state index contributed by atoms with van der Waals surface area (Å²) in [6.07, 6.45) is -3.55. The van der Waals surface area contributed by atoms with E-state index in [4.69, 9.17) is 19.6 Å². The zero-order valence-electron chi connectivity index (χ0n) is 33.8. The van der Waals surface area contributed by atoms with E-state index < -0.39 is 42.8 Å². The second-order valence-electron chi connectivity index (χ2n) is 16.0. The molecular weight excluding hydrogens is 798 g/mol. The minimum atomic E-state index is -4.51. The highest BCUT2D eigenvalue weighted by molar-refractivity contribution is 7.22. The summed E-state index contributed by atoms with van der Waals surface area (Å²) in [5.41, 5.74) is 4.47. The SMILES string of the molecule is Cc1c(OCCCN2CCN(CC(=O)O)C[C@H]2C(F)(F)F)cccc1-c1ccc(N2CCc3cccc(C(=O)Nc4nc5ccccc5s4)c3C2)nc1C(=O)OC(C)(C)C. The number of aromatic nitrogens is 2. The van der Waals surface area contributed by atoms with E-state index in [9.17, 15) is 27.6 Å². The Balaban J connectivity index is 1.09. The predicted octanol–water partition coefficient (Wildman–Crippen LogP) is 7.84. The maximum atomic E-state index is 13.9. The lowest BCUT2D eigenvalue weighted by Gasteiger charge is -2.41. The first kappa shape index (κ1) is 42.5. The topological polar surface area (TPSA) is 137 Å². The quantitative estimate of drug-likeness (QED) is 0.0939.